The summed E-state index contributed by atoms with van der Waals surface area (Å²) in [4.78, 5) is 0. The minimum Gasteiger partial charge on any atom is -0.0880 e. The van der Waals surface area contributed by atoms with Crippen molar-refractivity contribution >= 4 is 0 Å². The van der Waals surface area contributed by atoms with Crippen molar-refractivity contribution in [2.45, 2.75) is 53.4 Å². The van der Waals surface area contributed by atoms with Gasteiger partial charge in [0, 0.05) is 0 Å². The van der Waals surface area contributed by atoms with Crippen LogP contribution in [0.4, 0.5) is 0 Å². The molecule has 11 heavy (non-hydrogen) atoms. The number of hydrogen-bond donors (Lipinski definition) is 0. The minimum absolute atomic E-state index is 0.634. The first-order chi connectivity index (χ1) is 5.27. The molecule has 0 atom stereocenters. The van der Waals surface area contributed by atoms with E-state index < -0.39 is 0 Å². The van der Waals surface area contributed by atoms with Gasteiger partial charge < -0.3 is 0 Å². The van der Waals surface area contributed by atoms with E-state index in [0.717, 1.165) is 0 Å². The molecule has 0 aromatic heterocycles. The molecule has 0 saturated carbocycles. The summed E-state index contributed by atoms with van der Waals surface area (Å²) in [6.45, 7) is 8.65. The van der Waals surface area contributed by atoms with Crippen molar-refractivity contribution in [2.24, 2.45) is 5.41 Å². The highest BCUT2D eigenvalue weighted by Gasteiger charge is 2.23. The molecule has 1 rings (SSSR count). The third-order valence-corrected chi connectivity index (χ3v) is 2.24. The molecule has 0 nitrogen and oxygen atoms in total. The van der Waals surface area contributed by atoms with Crippen LogP contribution in [0.3, 0.4) is 0 Å². The van der Waals surface area contributed by atoms with Crippen LogP contribution in [0, 0.1) is 5.41 Å². The highest BCUT2D eigenvalue weighted by atomic mass is 14.3. The molecule has 0 radical (unpaired) electrons. The normalized spacial score (nSPS) is 19.3. The molecule has 0 N–H and O–H groups in total. The molecule has 0 spiro atoms. The average molecular weight is 154 g/mol. The summed E-state index contributed by atoms with van der Waals surface area (Å²) in [5.41, 5.74) is 0.634. The van der Waals surface area contributed by atoms with Gasteiger partial charge in [0.05, 0.1) is 0 Å². The van der Waals surface area contributed by atoms with Crippen LogP contribution >= 0.6 is 0 Å². The SMILES string of the molecule is CC.CCCC1(C)CC=CC1. The zero-order valence-electron chi connectivity index (χ0n) is 8.48. The van der Waals surface area contributed by atoms with Crippen LogP contribution in [0.15, 0.2) is 12.2 Å². The third-order valence-electron chi connectivity index (χ3n) is 2.24. The predicted molar refractivity (Wildman–Crippen MR) is 52.7 cm³/mol. The van der Waals surface area contributed by atoms with Crippen LogP contribution in [0.2, 0.25) is 0 Å². The predicted octanol–water partition coefficient (Wildman–Crippen LogP) is 4.17. The minimum atomic E-state index is 0.634. The second-order valence-electron chi connectivity index (χ2n) is 3.44. The lowest BCUT2D eigenvalue weighted by Crippen LogP contribution is -2.09. The number of rotatable bonds is 2. The fourth-order valence-electron chi connectivity index (χ4n) is 1.63. The Morgan fingerprint density at radius 1 is 1.18 bits per heavy atom. The Kier molecular flexibility index (Phi) is 5.27. The van der Waals surface area contributed by atoms with E-state index in [9.17, 15) is 0 Å². The van der Waals surface area contributed by atoms with Crippen LogP contribution in [-0.2, 0) is 0 Å². The zero-order valence-corrected chi connectivity index (χ0v) is 8.48. The van der Waals surface area contributed by atoms with Gasteiger partial charge in [-0.05, 0) is 24.7 Å². The molecule has 0 aromatic rings. The van der Waals surface area contributed by atoms with Crippen LogP contribution in [-0.4, -0.2) is 0 Å². The van der Waals surface area contributed by atoms with Crippen molar-refractivity contribution in [3.05, 3.63) is 12.2 Å². The van der Waals surface area contributed by atoms with Crippen LogP contribution < -0.4 is 0 Å². The maximum Gasteiger partial charge on any atom is -0.0257 e. The summed E-state index contributed by atoms with van der Waals surface area (Å²) in [6, 6.07) is 0. The second-order valence-corrected chi connectivity index (χ2v) is 3.44. The van der Waals surface area contributed by atoms with E-state index in [-0.39, 0.29) is 0 Å². The Bertz CT molecular complexity index is 103. The molecule has 0 unspecified atom stereocenters. The quantitative estimate of drug-likeness (QED) is 0.524. The van der Waals surface area contributed by atoms with Gasteiger partial charge in [0.2, 0.25) is 0 Å². The number of hydrogen-bond acceptors (Lipinski definition) is 0. The van der Waals surface area contributed by atoms with Gasteiger partial charge in [-0.2, -0.15) is 0 Å². The average Bonchev–Trinajstić information content (AvgIpc) is 2.41. The van der Waals surface area contributed by atoms with Gasteiger partial charge in [0.1, 0.15) is 0 Å². The molecule has 0 fully saturated rings. The van der Waals surface area contributed by atoms with Crippen LogP contribution in [0.1, 0.15) is 53.4 Å². The fraction of sp³-hybridized carbons (Fsp3) is 0.818. The Labute approximate surface area is 71.7 Å². The second kappa shape index (κ2) is 5.40. The van der Waals surface area contributed by atoms with Crippen molar-refractivity contribution in [1.29, 1.82) is 0 Å². The van der Waals surface area contributed by atoms with E-state index in [1.165, 1.54) is 25.7 Å². The van der Waals surface area contributed by atoms with E-state index in [1.54, 1.807) is 0 Å². The number of allylic oxidation sites excluding steroid dienone is 2. The molecule has 1 aliphatic rings. The summed E-state index contributed by atoms with van der Waals surface area (Å²) in [5, 5.41) is 0. The van der Waals surface area contributed by atoms with Crippen molar-refractivity contribution in [2.75, 3.05) is 0 Å². The summed E-state index contributed by atoms with van der Waals surface area (Å²) in [6.07, 6.45) is 9.96. The third kappa shape index (κ3) is 3.60. The van der Waals surface area contributed by atoms with Gasteiger partial charge in [-0.25, -0.2) is 0 Å². The molecule has 0 amide bonds. The molecule has 0 bridgehead atoms. The van der Waals surface area contributed by atoms with Crippen LogP contribution in [0.5, 0.6) is 0 Å². The monoisotopic (exact) mass is 154 g/mol. The molecule has 0 heteroatoms. The molecule has 66 valence electrons. The molecule has 0 aromatic carbocycles. The molecule has 0 heterocycles. The molecule has 1 aliphatic carbocycles. The molecular weight excluding hydrogens is 132 g/mol. The first-order valence-electron chi connectivity index (χ1n) is 4.92. The van der Waals surface area contributed by atoms with Gasteiger partial charge in [-0.15, -0.1) is 0 Å². The first-order valence-corrected chi connectivity index (χ1v) is 4.92. The van der Waals surface area contributed by atoms with Gasteiger partial charge in [0.15, 0.2) is 0 Å². The van der Waals surface area contributed by atoms with Crippen molar-refractivity contribution in [3.8, 4) is 0 Å². The van der Waals surface area contributed by atoms with E-state index in [1.807, 2.05) is 13.8 Å². The summed E-state index contributed by atoms with van der Waals surface area (Å²) >= 11 is 0. The Balaban J connectivity index is 0.000000461. The van der Waals surface area contributed by atoms with Crippen molar-refractivity contribution in [3.63, 3.8) is 0 Å². The zero-order chi connectivity index (χ0) is 8.74. The lowest BCUT2D eigenvalue weighted by atomic mass is 9.83. The summed E-state index contributed by atoms with van der Waals surface area (Å²) < 4.78 is 0. The molecule has 0 saturated heterocycles. The van der Waals surface area contributed by atoms with E-state index in [0.29, 0.717) is 5.41 Å². The topological polar surface area (TPSA) is 0 Å². The van der Waals surface area contributed by atoms with E-state index in [4.69, 9.17) is 0 Å². The largest absolute Gasteiger partial charge is 0.0880 e. The fourth-order valence-corrected chi connectivity index (χ4v) is 1.63. The Hall–Kier alpha value is -0.260. The maximum atomic E-state index is 2.39. The standard InChI is InChI=1S/C9H16.C2H6/c1-3-6-9(2)7-4-5-8-9;1-2/h4-5H,3,6-8H2,1-2H3;1-2H3. The summed E-state index contributed by atoms with van der Waals surface area (Å²) in [7, 11) is 0. The van der Waals surface area contributed by atoms with Crippen LogP contribution in [0.25, 0.3) is 0 Å². The Morgan fingerprint density at radius 2 is 1.64 bits per heavy atom. The lowest BCUT2D eigenvalue weighted by Gasteiger charge is -2.21. The molecular formula is C11H22. The highest BCUT2D eigenvalue weighted by Crippen LogP contribution is 2.36. The molecule has 0 aliphatic heterocycles. The Morgan fingerprint density at radius 3 is 2.00 bits per heavy atom. The smallest absolute Gasteiger partial charge is 0.0257 e. The first kappa shape index (κ1) is 10.7. The van der Waals surface area contributed by atoms with Crippen molar-refractivity contribution < 1.29 is 0 Å². The van der Waals surface area contributed by atoms with E-state index >= 15 is 0 Å². The van der Waals surface area contributed by atoms with Gasteiger partial charge in [0.25, 0.3) is 0 Å². The lowest BCUT2D eigenvalue weighted by molar-refractivity contribution is 0.318. The van der Waals surface area contributed by atoms with Gasteiger partial charge in [-0.1, -0.05) is 46.3 Å². The van der Waals surface area contributed by atoms with Gasteiger partial charge >= 0.3 is 0 Å². The highest BCUT2D eigenvalue weighted by molar-refractivity contribution is 5.00. The van der Waals surface area contributed by atoms with Crippen molar-refractivity contribution in [1.82, 2.24) is 0 Å². The maximum absolute atomic E-state index is 2.39. The van der Waals surface area contributed by atoms with E-state index in [2.05, 4.69) is 26.0 Å². The summed E-state index contributed by atoms with van der Waals surface area (Å²) in [5.74, 6) is 0. The van der Waals surface area contributed by atoms with Gasteiger partial charge in [-0.3, -0.25) is 0 Å².